The maximum absolute atomic E-state index is 13.2. The molecule has 0 atom stereocenters. The summed E-state index contributed by atoms with van der Waals surface area (Å²) in [5, 5.41) is 3.95. The summed E-state index contributed by atoms with van der Waals surface area (Å²) >= 11 is 0. The Balaban J connectivity index is 1.45. The Kier molecular flexibility index (Phi) is 3.74. The second kappa shape index (κ2) is 5.94. The highest BCUT2D eigenvalue weighted by molar-refractivity contribution is 6.35. The van der Waals surface area contributed by atoms with Crippen molar-refractivity contribution in [1.82, 2.24) is 19.9 Å². The summed E-state index contributed by atoms with van der Waals surface area (Å²) in [5.41, 5.74) is 0.503. The number of carbonyl (C=O) groups is 2. The lowest BCUT2D eigenvalue weighted by Gasteiger charge is -2.37. The zero-order valence-corrected chi connectivity index (χ0v) is 13.5. The van der Waals surface area contributed by atoms with E-state index in [1.165, 1.54) is 9.80 Å². The Morgan fingerprint density at radius 2 is 2.00 bits per heavy atom. The van der Waals surface area contributed by atoms with Crippen molar-refractivity contribution in [2.45, 2.75) is 24.9 Å². The van der Waals surface area contributed by atoms with Crippen molar-refractivity contribution in [1.29, 1.82) is 0 Å². The molecular weight excluding hydrogens is 327 g/mol. The van der Waals surface area contributed by atoms with Crippen LogP contribution in [0, 0.1) is 0 Å². The topological polar surface area (TPSA) is 79.5 Å². The highest BCUT2D eigenvalue weighted by Crippen LogP contribution is 2.43. The van der Waals surface area contributed by atoms with Crippen LogP contribution < -0.4 is 0 Å². The Labute approximate surface area is 143 Å². The molecule has 0 bridgehead atoms. The third-order valence-electron chi connectivity index (χ3n) is 4.79. The maximum atomic E-state index is 13.2. The minimum absolute atomic E-state index is 0.154. The van der Waals surface area contributed by atoms with Crippen molar-refractivity contribution in [3.05, 3.63) is 36.2 Å². The second-order valence-corrected chi connectivity index (χ2v) is 6.43. The van der Waals surface area contributed by atoms with Crippen molar-refractivity contribution < 1.29 is 18.5 Å². The van der Waals surface area contributed by atoms with Crippen LogP contribution in [-0.2, 0) is 16.1 Å². The number of carbonyl (C=O) groups excluding carboxylic acids is 2. The predicted octanol–water partition coefficient (Wildman–Crippen LogP) is 1.41. The van der Waals surface area contributed by atoms with Gasteiger partial charge in [-0.05, 0) is 25.0 Å². The highest BCUT2D eigenvalue weighted by atomic mass is 19.1. The molecule has 7 nitrogen and oxygen atoms in total. The first-order chi connectivity index (χ1) is 12.1. The first-order valence-electron chi connectivity index (χ1n) is 8.17. The summed E-state index contributed by atoms with van der Waals surface area (Å²) in [7, 11) is 0. The van der Waals surface area contributed by atoms with Crippen LogP contribution in [0.2, 0.25) is 0 Å². The van der Waals surface area contributed by atoms with Gasteiger partial charge in [-0.25, -0.2) is 4.39 Å². The zero-order valence-electron chi connectivity index (χ0n) is 13.5. The van der Waals surface area contributed by atoms with Gasteiger partial charge >= 0.3 is 11.8 Å². The molecule has 0 aromatic carbocycles. The van der Waals surface area contributed by atoms with E-state index in [4.69, 9.17) is 4.52 Å². The van der Waals surface area contributed by atoms with E-state index >= 15 is 0 Å². The number of pyridine rings is 1. The van der Waals surface area contributed by atoms with E-state index in [0.29, 0.717) is 43.1 Å². The lowest BCUT2D eigenvalue weighted by molar-refractivity contribution is -0.159. The van der Waals surface area contributed by atoms with Crippen molar-refractivity contribution in [3.63, 3.8) is 0 Å². The fraction of sp³-hybridized carbons (Fsp3) is 0.412. The summed E-state index contributed by atoms with van der Waals surface area (Å²) in [5.74, 6) is -0.783. The van der Waals surface area contributed by atoms with E-state index in [1.807, 2.05) is 6.07 Å². The molecule has 1 saturated heterocycles. The summed E-state index contributed by atoms with van der Waals surface area (Å²) in [6.45, 7) is 0.254. The number of hydrogen-bond donors (Lipinski definition) is 0. The van der Waals surface area contributed by atoms with Crippen LogP contribution in [0.25, 0.3) is 11.4 Å². The van der Waals surface area contributed by atoms with Crippen molar-refractivity contribution in [3.8, 4) is 11.4 Å². The summed E-state index contributed by atoms with van der Waals surface area (Å²) in [6, 6.07) is 7.16. The van der Waals surface area contributed by atoms with Gasteiger partial charge in [0.2, 0.25) is 0 Å². The third kappa shape index (κ3) is 2.77. The first-order valence-corrected chi connectivity index (χ1v) is 8.17. The van der Waals surface area contributed by atoms with E-state index in [-0.39, 0.29) is 6.54 Å². The number of piperazine rings is 1. The SMILES string of the molecule is O=C1C(=O)N(C2(CF)CC2)CCN1Cc1cc(-c2ccccn2)no1. The summed E-state index contributed by atoms with van der Waals surface area (Å²) < 4.78 is 18.4. The van der Waals surface area contributed by atoms with Gasteiger partial charge in [-0.15, -0.1) is 0 Å². The van der Waals surface area contributed by atoms with E-state index in [0.717, 1.165) is 0 Å². The van der Waals surface area contributed by atoms with Crippen LogP contribution in [0.5, 0.6) is 0 Å². The fourth-order valence-electron chi connectivity index (χ4n) is 3.11. The molecule has 4 rings (SSSR count). The molecule has 3 heterocycles. The molecule has 2 fully saturated rings. The standard InChI is InChI=1S/C17H17FN4O3/c18-11-17(4-5-17)22-8-7-21(15(23)16(22)24)10-12-9-14(20-25-12)13-3-1-2-6-19-13/h1-3,6,9H,4-5,7-8,10-11H2. The molecule has 1 saturated carbocycles. The van der Waals surface area contributed by atoms with Crippen LogP contribution in [0.1, 0.15) is 18.6 Å². The number of amides is 2. The molecule has 0 N–H and O–H groups in total. The zero-order chi connectivity index (χ0) is 17.4. The Morgan fingerprint density at radius 1 is 1.16 bits per heavy atom. The van der Waals surface area contributed by atoms with Gasteiger partial charge < -0.3 is 14.3 Å². The van der Waals surface area contributed by atoms with Gasteiger partial charge in [0.15, 0.2) is 5.76 Å². The fourth-order valence-corrected chi connectivity index (χ4v) is 3.11. The van der Waals surface area contributed by atoms with E-state index in [1.54, 1.807) is 24.4 Å². The van der Waals surface area contributed by atoms with E-state index < -0.39 is 24.0 Å². The van der Waals surface area contributed by atoms with Gasteiger partial charge in [0.25, 0.3) is 0 Å². The predicted molar refractivity (Wildman–Crippen MR) is 84.8 cm³/mol. The average molecular weight is 344 g/mol. The number of hydrogen-bond acceptors (Lipinski definition) is 5. The van der Waals surface area contributed by atoms with Gasteiger partial charge in [-0.3, -0.25) is 14.6 Å². The Hall–Kier alpha value is -2.77. The minimum atomic E-state index is -0.739. The van der Waals surface area contributed by atoms with Crippen molar-refractivity contribution in [2.24, 2.45) is 0 Å². The van der Waals surface area contributed by atoms with Crippen LogP contribution in [-0.4, -0.2) is 57.1 Å². The molecule has 130 valence electrons. The van der Waals surface area contributed by atoms with Gasteiger partial charge in [0, 0.05) is 25.4 Å². The lowest BCUT2D eigenvalue weighted by atomic mass is 10.1. The molecule has 0 spiro atoms. The Morgan fingerprint density at radius 3 is 2.68 bits per heavy atom. The second-order valence-electron chi connectivity index (χ2n) is 6.43. The molecule has 1 aliphatic carbocycles. The van der Waals surface area contributed by atoms with Gasteiger partial charge in [0.05, 0.1) is 17.8 Å². The summed E-state index contributed by atoms with van der Waals surface area (Å²) in [6.07, 6.45) is 2.90. The molecule has 8 heteroatoms. The highest BCUT2D eigenvalue weighted by Gasteiger charge is 2.53. The van der Waals surface area contributed by atoms with Crippen LogP contribution in [0.15, 0.2) is 35.0 Å². The molecule has 2 aromatic rings. The normalized spacial score (nSPS) is 19.4. The lowest BCUT2D eigenvalue weighted by Crippen LogP contribution is -2.58. The number of aromatic nitrogens is 2. The monoisotopic (exact) mass is 344 g/mol. The smallest absolute Gasteiger partial charge is 0.312 e. The molecule has 2 amide bonds. The number of alkyl halides is 1. The molecule has 25 heavy (non-hydrogen) atoms. The van der Waals surface area contributed by atoms with E-state index in [9.17, 15) is 14.0 Å². The first kappa shape index (κ1) is 15.7. The molecule has 1 aliphatic heterocycles. The third-order valence-corrected chi connectivity index (χ3v) is 4.79. The average Bonchev–Trinajstić information content (AvgIpc) is 3.30. The molecule has 2 aliphatic rings. The number of nitrogens with zero attached hydrogens (tertiary/aromatic N) is 4. The minimum Gasteiger partial charge on any atom is -0.359 e. The molecular formula is C17H17FN4O3. The number of rotatable bonds is 5. The van der Waals surface area contributed by atoms with Crippen LogP contribution in [0.3, 0.4) is 0 Å². The van der Waals surface area contributed by atoms with Gasteiger partial charge in [-0.2, -0.15) is 0 Å². The molecule has 0 radical (unpaired) electrons. The van der Waals surface area contributed by atoms with Crippen molar-refractivity contribution >= 4 is 11.8 Å². The van der Waals surface area contributed by atoms with Gasteiger partial charge in [-0.1, -0.05) is 11.2 Å². The maximum Gasteiger partial charge on any atom is 0.312 e. The Bertz CT molecular complexity index is 803. The number of halogens is 1. The molecule has 2 aromatic heterocycles. The van der Waals surface area contributed by atoms with Crippen LogP contribution >= 0.6 is 0 Å². The quantitative estimate of drug-likeness (QED) is 0.766. The molecule has 0 unspecified atom stereocenters. The van der Waals surface area contributed by atoms with E-state index in [2.05, 4.69) is 10.1 Å². The van der Waals surface area contributed by atoms with Gasteiger partial charge in [0.1, 0.15) is 12.4 Å². The largest absolute Gasteiger partial charge is 0.359 e. The summed E-state index contributed by atoms with van der Waals surface area (Å²) in [4.78, 5) is 31.7. The van der Waals surface area contributed by atoms with Crippen molar-refractivity contribution in [2.75, 3.05) is 19.8 Å². The van der Waals surface area contributed by atoms with Crippen LogP contribution in [0.4, 0.5) is 4.39 Å².